The number of carbonyl (C=O) groups is 2. The average Bonchev–Trinajstić information content (AvgIpc) is 3.03. The van der Waals surface area contributed by atoms with Gasteiger partial charge in [0.05, 0.1) is 26.4 Å². The molecule has 0 fully saturated rings. The van der Waals surface area contributed by atoms with E-state index in [-0.39, 0.29) is 12.5 Å². The minimum absolute atomic E-state index is 0.285. The van der Waals surface area contributed by atoms with Gasteiger partial charge < -0.3 is 19.5 Å². The molecule has 0 saturated carbocycles. The van der Waals surface area contributed by atoms with Crippen LogP contribution in [0, 0.1) is 5.92 Å². The first-order valence-corrected chi connectivity index (χ1v) is 10.2. The standard InChI is InChI=1S/C21H25NO5S/c1-5-27-21(24)17-13-10-9-12(2)11-16(13)28-20(17)22-19(23)18-14(25-3)7-6-8-15(18)26-4/h6-8,12H,5,9-11H2,1-4H3,(H,22,23)/t12-/m0/s1. The minimum Gasteiger partial charge on any atom is -0.496 e. The van der Waals surface area contributed by atoms with Gasteiger partial charge in [-0.1, -0.05) is 13.0 Å². The molecule has 0 spiro atoms. The van der Waals surface area contributed by atoms with Gasteiger partial charge in [0.1, 0.15) is 22.1 Å². The number of nitrogens with one attached hydrogen (secondary N) is 1. The van der Waals surface area contributed by atoms with Crippen LogP contribution in [0.25, 0.3) is 0 Å². The molecule has 0 radical (unpaired) electrons. The number of benzene rings is 1. The summed E-state index contributed by atoms with van der Waals surface area (Å²) in [5, 5.41) is 3.43. The molecule has 1 aliphatic rings. The van der Waals surface area contributed by atoms with E-state index < -0.39 is 5.97 Å². The van der Waals surface area contributed by atoms with Crippen molar-refractivity contribution in [2.24, 2.45) is 5.92 Å². The number of fused-ring (bicyclic) bond motifs is 1. The van der Waals surface area contributed by atoms with Crippen molar-refractivity contribution < 1.29 is 23.8 Å². The first kappa shape index (κ1) is 20.2. The van der Waals surface area contributed by atoms with Crippen molar-refractivity contribution in [1.29, 1.82) is 0 Å². The molecule has 3 rings (SSSR count). The second-order valence-corrected chi connectivity index (χ2v) is 7.87. The smallest absolute Gasteiger partial charge is 0.341 e. The zero-order valence-corrected chi connectivity index (χ0v) is 17.4. The number of carbonyl (C=O) groups excluding carboxylic acids is 2. The zero-order valence-electron chi connectivity index (χ0n) is 16.6. The number of anilines is 1. The third-order valence-corrected chi connectivity index (χ3v) is 6.04. The third kappa shape index (κ3) is 3.85. The van der Waals surface area contributed by atoms with Gasteiger partial charge >= 0.3 is 5.97 Å². The molecular formula is C21H25NO5S. The lowest BCUT2D eigenvalue weighted by atomic mass is 9.88. The van der Waals surface area contributed by atoms with Crippen molar-refractivity contribution in [3.63, 3.8) is 0 Å². The van der Waals surface area contributed by atoms with Gasteiger partial charge in [0.25, 0.3) is 5.91 Å². The molecule has 1 N–H and O–H groups in total. The Labute approximate surface area is 168 Å². The first-order valence-electron chi connectivity index (χ1n) is 9.34. The summed E-state index contributed by atoms with van der Waals surface area (Å²) in [5.74, 6) is 0.594. The van der Waals surface area contributed by atoms with Crippen LogP contribution in [-0.2, 0) is 17.6 Å². The van der Waals surface area contributed by atoms with Crippen molar-refractivity contribution in [1.82, 2.24) is 0 Å². The lowest BCUT2D eigenvalue weighted by Crippen LogP contribution is -2.17. The number of hydrogen-bond donors (Lipinski definition) is 1. The van der Waals surface area contributed by atoms with Crippen molar-refractivity contribution >= 4 is 28.2 Å². The average molecular weight is 404 g/mol. The highest BCUT2D eigenvalue weighted by molar-refractivity contribution is 7.17. The zero-order chi connectivity index (χ0) is 20.3. The number of thiophene rings is 1. The molecular weight excluding hydrogens is 378 g/mol. The van der Waals surface area contributed by atoms with Crippen LogP contribution in [0.5, 0.6) is 11.5 Å². The Bertz CT molecular complexity index is 867. The van der Waals surface area contributed by atoms with Crippen LogP contribution in [0.3, 0.4) is 0 Å². The van der Waals surface area contributed by atoms with E-state index in [1.807, 2.05) is 0 Å². The monoisotopic (exact) mass is 403 g/mol. The molecule has 1 aliphatic carbocycles. The number of methoxy groups -OCH3 is 2. The van der Waals surface area contributed by atoms with Crippen LogP contribution < -0.4 is 14.8 Å². The van der Waals surface area contributed by atoms with Crippen molar-refractivity contribution in [3.8, 4) is 11.5 Å². The predicted octanol–water partition coefficient (Wildman–Crippen LogP) is 4.32. The van der Waals surface area contributed by atoms with E-state index in [9.17, 15) is 9.59 Å². The number of esters is 1. The van der Waals surface area contributed by atoms with Crippen LogP contribution in [0.2, 0.25) is 0 Å². The molecule has 0 aliphatic heterocycles. The summed E-state index contributed by atoms with van der Waals surface area (Å²) in [6.07, 6.45) is 2.74. The van der Waals surface area contributed by atoms with Crippen LogP contribution in [-0.4, -0.2) is 32.7 Å². The van der Waals surface area contributed by atoms with Gasteiger partial charge in [0.2, 0.25) is 0 Å². The fourth-order valence-corrected chi connectivity index (χ4v) is 4.89. The normalized spacial score (nSPS) is 15.5. The van der Waals surface area contributed by atoms with Crippen LogP contribution in [0.1, 0.15) is 51.4 Å². The Hall–Kier alpha value is -2.54. The van der Waals surface area contributed by atoms with Crippen molar-refractivity contribution in [2.75, 3.05) is 26.1 Å². The van der Waals surface area contributed by atoms with Gasteiger partial charge in [0.15, 0.2) is 0 Å². The fraction of sp³-hybridized carbons (Fsp3) is 0.429. The minimum atomic E-state index is -0.392. The third-order valence-electron chi connectivity index (χ3n) is 4.87. The highest BCUT2D eigenvalue weighted by atomic mass is 32.1. The highest BCUT2D eigenvalue weighted by Gasteiger charge is 2.30. The lowest BCUT2D eigenvalue weighted by Gasteiger charge is -2.18. The van der Waals surface area contributed by atoms with Gasteiger partial charge in [0, 0.05) is 4.88 Å². The van der Waals surface area contributed by atoms with Gasteiger partial charge in [-0.15, -0.1) is 11.3 Å². The summed E-state index contributed by atoms with van der Waals surface area (Å²) < 4.78 is 15.9. The lowest BCUT2D eigenvalue weighted by molar-refractivity contribution is 0.0526. The van der Waals surface area contributed by atoms with Crippen LogP contribution in [0.15, 0.2) is 18.2 Å². The van der Waals surface area contributed by atoms with Crippen LogP contribution in [0.4, 0.5) is 5.00 Å². The fourth-order valence-electron chi connectivity index (χ4n) is 3.50. The van der Waals surface area contributed by atoms with E-state index in [4.69, 9.17) is 14.2 Å². The molecule has 0 unspecified atom stereocenters. The molecule has 0 bridgehead atoms. The number of rotatable bonds is 6. The maximum atomic E-state index is 13.1. The van der Waals surface area contributed by atoms with E-state index in [0.29, 0.717) is 33.5 Å². The molecule has 1 aromatic heterocycles. The van der Waals surface area contributed by atoms with E-state index >= 15 is 0 Å². The summed E-state index contributed by atoms with van der Waals surface area (Å²) in [7, 11) is 3.00. The first-order chi connectivity index (χ1) is 13.5. The SMILES string of the molecule is CCOC(=O)c1c(NC(=O)c2c(OC)cccc2OC)sc2c1CC[C@H](C)C2. The Balaban J connectivity index is 2.01. The molecule has 150 valence electrons. The molecule has 1 amide bonds. The predicted molar refractivity (Wildman–Crippen MR) is 109 cm³/mol. The van der Waals surface area contributed by atoms with Gasteiger partial charge in [-0.3, -0.25) is 4.79 Å². The van der Waals surface area contributed by atoms with Crippen molar-refractivity contribution in [2.45, 2.75) is 33.1 Å². The Morgan fingerprint density at radius 2 is 1.86 bits per heavy atom. The maximum absolute atomic E-state index is 13.1. The Morgan fingerprint density at radius 1 is 1.18 bits per heavy atom. The van der Waals surface area contributed by atoms with Gasteiger partial charge in [-0.25, -0.2) is 4.79 Å². The molecule has 6 nitrogen and oxygen atoms in total. The molecule has 28 heavy (non-hydrogen) atoms. The molecule has 2 aromatic rings. The van der Waals surface area contributed by atoms with E-state index in [0.717, 1.165) is 29.7 Å². The summed E-state index contributed by atoms with van der Waals surface area (Å²) in [4.78, 5) is 26.8. The van der Waals surface area contributed by atoms with Gasteiger partial charge in [-0.2, -0.15) is 0 Å². The summed E-state index contributed by atoms with van der Waals surface area (Å²) in [6.45, 7) is 4.26. The summed E-state index contributed by atoms with van der Waals surface area (Å²) >= 11 is 1.46. The molecule has 1 atom stereocenters. The molecule has 1 aromatic carbocycles. The summed E-state index contributed by atoms with van der Waals surface area (Å²) in [6, 6.07) is 5.15. The molecule has 1 heterocycles. The van der Waals surface area contributed by atoms with Crippen molar-refractivity contribution in [3.05, 3.63) is 39.8 Å². The summed E-state index contributed by atoms with van der Waals surface area (Å²) in [5.41, 5.74) is 1.78. The van der Waals surface area contributed by atoms with Crippen LogP contribution >= 0.6 is 11.3 Å². The number of amides is 1. The second kappa shape index (κ2) is 8.65. The largest absolute Gasteiger partial charge is 0.496 e. The highest BCUT2D eigenvalue weighted by Crippen LogP contribution is 2.41. The number of hydrogen-bond acceptors (Lipinski definition) is 6. The van der Waals surface area contributed by atoms with E-state index in [1.54, 1.807) is 25.1 Å². The number of ether oxygens (including phenoxy) is 3. The Morgan fingerprint density at radius 3 is 2.46 bits per heavy atom. The van der Waals surface area contributed by atoms with E-state index in [1.165, 1.54) is 25.6 Å². The Kier molecular flexibility index (Phi) is 6.24. The topological polar surface area (TPSA) is 73.9 Å². The molecule has 7 heteroatoms. The molecule has 0 saturated heterocycles. The second-order valence-electron chi connectivity index (χ2n) is 6.77. The van der Waals surface area contributed by atoms with Gasteiger partial charge in [-0.05, 0) is 49.8 Å². The van der Waals surface area contributed by atoms with E-state index in [2.05, 4.69) is 12.2 Å². The maximum Gasteiger partial charge on any atom is 0.341 e. The quantitative estimate of drug-likeness (QED) is 0.727.